The van der Waals surface area contributed by atoms with Gasteiger partial charge in [-0.05, 0) is 105 Å². The van der Waals surface area contributed by atoms with Gasteiger partial charge in [-0.25, -0.2) is 15.0 Å². The summed E-state index contributed by atoms with van der Waals surface area (Å²) in [4.78, 5) is 15.6. The van der Waals surface area contributed by atoms with Crippen LogP contribution in [0.2, 0.25) is 0 Å². The van der Waals surface area contributed by atoms with Crippen LogP contribution < -0.4 is 0 Å². The van der Waals surface area contributed by atoms with Crippen LogP contribution in [0.25, 0.3) is 100 Å². The molecule has 6 heteroatoms. The molecule has 0 unspecified atom stereocenters. The van der Waals surface area contributed by atoms with Gasteiger partial charge in [-0.15, -0.1) is 0 Å². The van der Waals surface area contributed by atoms with Gasteiger partial charge in [0.1, 0.15) is 6.07 Å². The number of para-hydroxylation sites is 1. The molecule has 0 radical (unpaired) electrons. The van der Waals surface area contributed by atoms with Crippen LogP contribution in [0.15, 0.2) is 170 Å². The van der Waals surface area contributed by atoms with Gasteiger partial charge in [0.05, 0.1) is 39.0 Å². The van der Waals surface area contributed by atoms with Crippen LogP contribution in [-0.2, 0) is 21.7 Å². The van der Waals surface area contributed by atoms with Crippen molar-refractivity contribution in [2.24, 2.45) is 0 Å². The molecule has 0 fully saturated rings. The molecule has 0 bridgehead atoms. The Morgan fingerprint density at radius 2 is 0.730 bits per heavy atom. The second-order valence-electron chi connectivity index (χ2n) is 24.2. The molecule has 0 aliphatic rings. The van der Waals surface area contributed by atoms with Gasteiger partial charge in [0.25, 0.3) is 0 Å². The summed E-state index contributed by atoms with van der Waals surface area (Å²) in [7, 11) is 0. The molecule has 0 saturated heterocycles. The fraction of sp³-hybridized carbons (Fsp3) is 0.235. The van der Waals surface area contributed by atoms with E-state index in [-0.39, 0.29) is 21.7 Å². The maximum absolute atomic E-state index is 11.3. The van der Waals surface area contributed by atoms with Crippen molar-refractivity contribution in [3.05, 3.63) is 198 Å². The first kappa shape index (κ1) is 48.1. The van der Waals surface area contributed by atoms with Gasteiger partial charge in [0, 0.05) is 49.4 Å². The first-order valence-corrected chi connectivity index (χ1v) is 25.9. The number of fused-ring (bicyclic) bond motifs is 6. The van der Waals surface area contributed by atoms with Crippen LogP contribution >= 0.6 is 0 Å². The minimum absolute atomic E-state index is 0.0670. The lowest BCUT2D eigenvalue weighted by atomic mass is 9.85. The summed E-state index contributed by atoms with van der Waals surface area (Å²) in [5, 5.41) is 16.0. The molecule has 0 spiro atoms. The quantitative estimate of drug-likeness (QED) is 0.166. The maximum atomic E-state index is 11.3. The molecule has 74 heavy (non-hydrogen) atoms. The summed E-state index contributed by atoms with van der Waals surface area (Å²) in [5.74, 6) is 1.76. The fourth-order valence-corrected chi connectivity index (χ4v) is 10.5. The van der Waals surface area contributed by atoms with Gasteiger partial charge in [-0.2, -0.15) is 5.26 Å². The smallest absolute Gasteiger partial charge is 0.164 e. The summed E-state index contributed by atoms with van der Waals surface area (Å²) in [5.41, 5.74) is 16.0. The summed E-state index contributed by atoms with van der Waals surface area (Å²) in [6.07, 6.45) is 0. The average molecular weight is 965 g/mol. The highest BCUT2D eigenvalue weighted by Gasteiger charge is 2.27. The Balaban J connectivity index is 1.27. The van der Waals surface area contributed by atoms with Gasteiger partial charge in [0.15, 0.2) is 17.5 Å². The SMILES string of the molecule is CC(C)(C)c1ccc2c(c1)c1cc(C(C)(C)C)ccc1n2-c1cc(-c2nc(-c3ccccc3)nc(-c3ccccc3)n2)ccc1-c1cccc(C#N)c1-n1c2ccc(C(C)(C)C)cc2c2cc(C(C)(C)C)ccc21. The molecule has 0 aliphatic carbocycles. The normalized spacial score (nSPS) is 12.6. The van der Waals surface area contributed by atoms with Crippen LogP contribution in [-0.4, -0.2) is 24.1 Å². The monoisotopic (exact) mass is 965 g/mol. The molecule has 366 valence electrons. The third kappa shape index (κ3) is 8.44. The van der Waals surface area contributed by atoms with E-state index in [1.165, 1.54) is 33.0 Å². The fourth-order valence-electron chi connectivity index (χ4n) is 10.5. The van der Waals surface area contributed by atoms with E-state index >= 15 is 0 Å². The molecule has 6 nitrogen and oxygen atoms in total. The molecular formula is C68H64N6. The van der Waals surface area contributed by atoms with Crippen molar-refractivity contribution in [1.82, 2.24) is 24.1 Å². The first-order valence-electron chi connectivity index (χ1n) is 25.9. The molecule has 0 saturated carbocycles. The lowest BCUT2D eigenvalue weighted by Crippen LogP contribution is -2.10. The van der Waals surface area contributed by atoms with E-state index in [1.807, 2.05) is 72.8 Å². The lowest BCUT2D eigenvalue weighted by molar-refractivity contribution is 0.590. The Morgan fingerprint density at radius 1 is 0.351 bits per heavy atom. The molecule has 0 aliphatic heterocycles. The van der Waals surface area contributed by atoms with E-state index in [0.29, 0.717) is 23.0 Å². The summed E-state index contributed by atoms with van der Waals surface area (Å²) in [6.45, 7) is 27.3. The Morgan fingerprint density at radius 3 is 1.11 bits per heavy atom. The van der Waals surface area contributed by atoms with Crippen LogP contribution in [0.3, 0.4) is 0 Å². The lowest BCUT2D eigenvalue weighted by Gasteiger charge is -2.22. The van der Waals surface area contributed by atoms with Gasteiger partial charge >= 0.3 is 0 Å². The van der Waals surface area contributed by atoms with Crippen LogP contribution in [0.1, 0.15) is 111 Å². The predicted molar refractivity (Wildman–Crippen MR) is 310 cm³/mol. The Bertz CT molecular complexity index is 3840. The molecule has 3 aromatic heterocycles. The minimum Gasteiger partial charge on any atom is -0.309 e. The van der Waals surface area contributed by atoms with Gasteiger partial charge in [0.2, 0.25) is 0 Å². The summed E-state index contributed by atoms with van der Waals surface area (Å²) >= 11 is 0. The van der Waals surface area contributed by atoms with Gasteiger partial charge < -0.3 is 9.13 Å². The largest absolute Gasteiger partial charge is 0.309 e. The highest BCUT2D eigenvalue weighted by atomic mass is 15.0. The van der Waals surface area contributed by atoms with Crippen molar-refractivity contribution in [3.63, 3.8) is 0 Å². The van der Waals surface area contributed by atoms with E-state index in [2.05, 4.69) is 195 Å². The first-order chi connectivity index (χ1) is 35.2. The van der Waals surface area contributed by atoms with E-state index in [4.69, 9.17) is 15.0 Å². The Labute approximate surface area is 436 Å². The average Bonchev–Trinajstić information content (AvgIpc) is 3.89. The molecule has 0 atom stereocenters. The van der Waals surface area contributed by atoms with Crippen LogP contribution in [0, 0.1) is 11.3 Å². The van der Waals surface area contributed by atoms with E-state index < -0.39 is 0 Å². The summed E-state index contributed by atoms with van der Waals surface area (Å²) in [6, 6.07) is 63.5. The molecule has 0 amide bonds. The van der Waals surface area contributed by atoms with Crippen molar-refractivity contribution >= 4 is 43.6 Å². The van der Waals surface area contributed by atoms with Crippen LogP contribution in [0.5, 0.6) is 0 Å². The number of hydrogen-bond donors (Lipinski definition) is 0. The Hall–Kier alpha value is -8.14. The number of nitriles is 1. The number of nitrogens with zero attached hydrogens (tertiary/aromatic N) is 6. The van der Waals surface area contributed by atoms with E-state index in [9.17, 15) is 5.26 Å². The standard InChI is InChI=1S/C68H64N6/c1-65(2,3)46-27-32-56-52(37-46)53-38-47(66(4,5)6)28-33-57(53)73(56)60-36-44(64-71-62(42-20-15-13-16-21-42)70-63(72-64)43-22-17-14-18-23-43)26-31-50(60)51-25-19-24-45(41-69)61(51)74-58-34-29-48(67(7,8)9)39-54(58)55-40-49(68(10,11)12)30-35-59(55)74/h13-40H,1-12H3. The third-order valence-electron chi connectivity index (χ3n) is 14.9. The van der Waals surface area contributed by atoms with Crippen molar-refractivity contribution in [2.45, 2.75) is 105 Å². The van der Waals surface area contributed by atoms with Crippen molar-refractivity contribution in [1.29, 1.82) is 5.26 Å². The number of aromatic nitrogens is 5. The van der Waals surface area contributed by atoms with Crippen molar-refractivity contribution < 1.29 is 0 Å². The highest BCUT2D eigenvalue weighted by molar-refractivity contribution is 6.12. The molecule has 0 N–H and O–H groups in total. The van der Waals surface area contributed by atoms with E-state index in [1.54, 1.807) is 0 Å². The molecule has 8 aromatic carbocycles. The third-order valence-corrected chi connectivity index (χ3v) is 14.9. The van der Waals surface area contributed by atoms with Crippen molar-refractivity contribution in [3.8, 4) is 62.7 Å². The molecule has 11 rings (SSSR count). The van der Waals surface area contributed by atoms with Crippen molar-refractivity contribution in [2.75, 3.05) is 0 Å². The topological polar surface area (TPSA) is 72.3 Å². The predicted octanol–water partition coefficient (Wildman–Crippen LogP) is 17.8. The second kappa shape index (κ2) is 17.5. The second-order valence-corrected chi connectivity index (χ2v) is 24.2. The van der Waals surface area contributed by atoms with Gasteiger partial charge in [-0.1, -0.05) is 192 Å². The maximum Gasteiger partial charge on any atom is 0.164 e. The van der Waals surface area contributed by atoms with E-state index in [0.717, 1.165) is 72.0 Å². The van der Waals surface area contributed by atoms with Crippen LogP contribution in [0.4, 0.5) is 0 Å². The molecular weight excluding hydrogens is 901 g/mol. The zero-order chi connectivity index (χ0) is 52.1. The highest BCUT2D eigenvalue weighted by Crippen LogP contribution is 2.45. The minimum atomic E-state index is -0.0723. The van der Waals surface area contributed by atoms with Gasteiger partial charge in [-0.3, -0.25) is 0 Å². The zero-order valence-corrected chi connectivity index (χ0v) is 44.8. The molecule has 3 heterocycles. The zero-order valence-electron chi connectivity index (χ0n) is 44.8. The Kier molecular flexibility index (Phi) is 11.4. The number of hydrogen-bond acceptors (Lipinski definition) is 4. The summed E-state index contributed by atoms with van der Waals surface area (Å²) < 4.78 is 4.77. The number of rotatable bonds is 6. The molecule has 11 aromatic rings. The number of benzene rings is 8.